The van der Waals surface area contributed by atoms with E-state index in [1.807, 2.05) is 13.1 Å². The number of aromatic nitrogens is 1. The van der Waals surface area contributed by atoms with Crippen molar-refractivity contribution in [1.29, 1.82) is 0 Å². The molecule has 2 heterocycles. The second-order valence-electron chi connectivity index (χ2n) is 4.70. The molecule has 1 aliphatic rings. The van der Waals surface area contributed by atoms with Crippen molar-refractivity contribution in [3.05, 3.63) is 24.0 Å². The van der Waals surface area contributed by atoms with E-state index in [-0.39, 0.29) is 18.6 Å². The maximum absolute atomic E-state index is 12.3. The normalized spacial score (nSPS) is 23.2. The first-order valence-electron chi connectivity index (χ1n) is 6.23. The molecule has 0 radical (unpaired) electrons. The van der Waals surface area contributed by atoms with Crippen LogP contribution >= 0.6 is 0 Å². The largest absolute Gasteiger partial charge is 0.394 e. The van der Waals surface area contributed by atoms with Crippen LogP contribution in [0.25, 0.3) is 0 Å². The maximum Gasteiger partial charge on any atom is 0.272 e. The number of rotatable bonds is 3. The molecule has 0 bridgehead atoms. The van der Waals surface area contributed by atoms with Crippen molar-refractivity contribution in [3.63, 3.8) is 0 Å². The summed E-state index contributed by atoms with van der Waals surface area (Å²) in [7, 11) is 1.81. The summed E-state index contributed by atoms with van der Waals surface area (Å²) in [5.41, 5.74) is 1.31. The van der Waals surface area contributed by atoms with Gasteiger partial charge in [-0.25, -0.2) is 4.98 Å². The Morgan fingerprint density at radius 1 is 1.61 bits per heavy atom. The fourth-order valence-electron chi connectivity index (χ4n) is 2.35. The Bertz CT molecular complexity index is 419. The molecule has 1 aliphatic heterocycles. The number of likely N-dealkylation sites (tertiary alicyclic amines) is 1. The van der Waals surface area contributed by atoms with Crippen LogP contribution in [0.1, 0.15) is 23.8 Å². The van der Waals surface area contributed by atoms with E-state index < -0.39 is 0 Å². The lowest BCUT2D eigenvalue weighted by molar-refractivity contribution is 0.0642. The summed E-state index contributed by atoms with van der Waals surface area (Å²) >= 11 is 0. The van der Waals surface area contributed by atoms with Gasteiger partial charge in [-0.2, -0.15) is 0 Å². The Morgan fingerprint density at radius 2 is 2.39 bits per heavy atom. The quantitative estimate of drug-likeness (QED) is 0.837. The molecule has 1 aromatic rings. The highest BCUT2D eigenvalue weighted by molar-refractivity contribution is 5.93. The molecule has 2 N–H and O–H groups in total. The second kappa shape index (κ2) is 5.35. The van der Waals surface area contributed by atoms with Crippen molar-refractivity contribution in [2.45, 2.75) is 19.4 Å². The average molecular weight is 249 g/mol. The van der Waals surface area contributed by atoms with Crippen LogP contribution in [0.15, 0.2) is 18.3 Å². The van der Waals surface area contributed by atoms with Gasteiger partial charge in [-0.3, -0.25) is 4.79 Å². The van der Waals surface area contributed by atoms with Crippen LogP contribution in [-0.4, -0.2) is 47.1 Å². The number of anilines is 1. The summed E-state index contributed by atoms with van der Waals surface area (Å²) in [5, 5.41) is 12.3. The van der Waals surface area contributed by atoms with Crippen molar-refractivity contribution < 1.29 is 9.90 Å². The highest BCUT2D eigenvalue weighted by Gasteiger charge is 2.34. The molecular weight excluding hydrogens is 230 g/mol. The molecule has 1 aromatic heterocycles. The molecule has 98 valence electrons. The van der Waals surface area contributed by atoms with Gasteiger partial charge in [-0.15, -0.1) is 0 Å². The molecule has 5 nitrogen and oxygen atoms in total. The number of pyridine rings is 1. The van der Waals surface area contributed by atoms with E-state index in [1.165, 1.54) is 0 Å². The van der Waals surface area contributed by atoms with Crippen LogP contribution in [0.3, 0.4) is 0 Å². The van der Waals surface area contributed by atoms with E-state index in [4.69, 9.17) is 0 Å². The zero-order chi connectivity index (χ0) is 13.1. The lowest BCUT2D eigenvalue weighted by atomic mass is 10.0. The van der Waals surface area contributed by atoms with Crippen molar-refractivity contribution >= 4 is 11.6 Å². The smallest absolute Gasteiger partial charge is 0.272 e. The summed E-state index contributed by atoms with van der Waals surface area (Å²) in [4.78, 5) is 18.2. The number of hydrogen-bond donors (Lipinski definition) is 2. The third-order valence-electron chi connectivity index (χ3n) is 3.60. The average Bonchev–Trinajstić information content (AvgIpc) is 2.79. The fourth-order valence-corrected chi connectivity index (χ4v) is 2.35. The predicted molar refractivity (Wildman–Crippen MR) is 69.5 cm³/mol. The van der Waals surface area contributed by atoms with Gasteiger partial charge in [0.05, 0.1) is 24.5 Å². The number of carbonyl (C=O) groups excluding carboxylic acids is 1. The Kier molecular flexibility index (Phi) is 3.81. The van der Waals surface area contributed by atoms with Crippen LogP contribution in [0, 0.1) is 5.92 Å². The van der Waals surface area contributed by atoms with E-state index in [0.29, 0.717) is 18.2 Å². The Morgan fingerprint density at radius 3 is 2.94 bits per heavy atom. The summed E-state index contributed by atoms with van der Waals surface area (Å²) in [6.45, 7) is 2.77. The Hall–Kier alpha value is -1.62. The number of aliphatic hydroxyl groups excluding tert-OH is 1. The Labute approximate surface area is 107 Å². The predicted octanol–water partition coefficient (Wildman–Crippen LogP) is 0.966. The summed E-state index contributed by atoms with van der Waals surface area (Å²) in [5.74, 6) is 0.247. The topological polar surface area (TPSA) is 65.5 Å². The third-order valence-corrected chi connectivity index (χ3v) is 3.60. The van der Waals surface area contributed by atoms with E-state index in [1.54, 1.807) is 17.2 Å². The van der Waals surface area contributed by atoms with E-state index in [9.17, 15) is 9.90 Å². The Balaban J connectivity index is 2.15. The number of carbonyl (C=O) groups is 1. The van der Waals surface area contributed by atoms with Gasteiger partial charge in [0.25, 0.3) is 5.91 Å². The van der Waals surface area contributed by atoms with Crippen molar-refractivity contribution in [1.82, 2.24) is 9.88 Å². The lowest BCUT2D eigenvalue weighted by Crippen LogP contribution is -2.40. The van der Waals surface area contributed by atoms with Gasteiger partial charge in [-0.05, 0) is 24.5 Å². The van der Waals surface area contributed by atoms with Gasteiger partial charge in [-0.1, -0.05) is 6.92 Å². The van der Waals surface area contributed by atoms with Gasteiger partial charge in [0.2, 0.25) is 0 Å². The number of nitrogens with one attached hydrogen (secondary N) is 1. The molecule has 5 heteroatoms. The number of amides is 1. The van der Waals surface area contributed by atoms with E-state index >= 15 is 0 Å². The first kappa shape index (κ1) is 12.8. The van der Waals surface area contributed by atoms with Crippen molar-refractivity contribution in [2.24, 2.45) is 5.92 Å². The van der Waals surface area contributed by atoms with Crippen molar-refractivity contribution in [3.8, 4) is 0 Å². The monoisotopic (exact) mass is 249 g/mol. The van der Waals surface area contributed by atoms with Gasteiger partial charge in [0.15, 0.2) is 0 Å². The van der Waals surface area contributed by atoms with E-state index in [0.717, 1.165) is 12.1 Å². The van der Waals surface area contributed by atoms with Gasteiger partial charge in [0, 0.05) is 13.6 Å². The highest BCUT2D eigenvalue weighted by atomic mass is 16.3. The molecular formula is C13H19N3O2. The minimum Gasteiger partial charge on any atom is -0.394 e. The molecule has 2 atom stereocenters. The molecule has 0 aromatic carbocycles. The van der Waals surface area contributed by atoms with Crippen LogP contribution < -0.4 is 5.32 Å². The number of aliphatic hydroxyl groups is 1. The number of hydrogen-bond acceptors (Lipinski definition) is 4. The summed E-state index contributed by atoms with van der Waals surface area (Å²) in [6, 6.07) is 3.46. The van der Waals surface area contributed by atoms with Gasteiger partial charge in [0.1, 0.15) is 5.69 Å². The van der Waals surface area contributed by atoms with Crippen molar-refractivity contribution in [2.75, 3.05) is 25.5 Å². The lowest BCUT2D eigenvalue weighted by Gasteiger charge is -2.24. The first-order chi connectivity index (χ1) is 8.67. The molecule has 0 saturated carbocycles. The molecule has 18 heavy (non-hydrogen) atoms. The first-order valence-corrected chi connectivity index (χ1v) is 6.23. The number of nitrogens with zero attached hydrogens (tertiary/aromatic N) is 2. The molecule has 2 unspecified atom stereocenters. The minimum absolute atomic E-state index is 0.0154. The van der Waals surface area contributed by atoms with E-state index in [2.05, 4.69) is 17.2 Å². The molecule has 0 aliphatic carbocycles. The fraction of sp³-hybridized carbons (Fsp3) is 0.538. The molecule has 0 spiro atoms. The highest BCUT2D eigenvalue weighted by Crippen LogP contribution is 2.25. The van der Waals surface area contributed by atoms with Crippen LogP contribution in [0.5, 0.6) is 0 Å². The zero-order valence-corrected chi connectivity index (χ0v) is 10.8. The SMILES string of the molecule is CNc1ccc(C(=O)N2CCC(C)C2CO)nc1. The zero-order valence-electron chi connectivity index (χ0n) is 10.8. The van der Waals surface area contributed by atoms with Gasteiger partial charge >= 0.3 is 0 Å². The maximum atomic E-state index is 12.3. The van der Waals surface area contributed by atoms with Gasteiger partial charge < -0.3 is 15.3 Å². The standard InChI is InChI=1S/C13H19N3O2/c1-9-5-6-16(12(9)8-17)13(18)11-4-3-10(14-2)7-15-11/h3-4,7,9,12,14,17H,5-6,8H2,1-2H3. The molecule has 1 saturated heterocycles. The second-order valence-corrected chi connectivity index (χ2v) is 4.70. The van der Waals surface area contributed by atoms with Crippen LogP contribution in [0.2, 0.25) is 0 Å². The minimum atomic E-state index is -0.0962. The summed E-state index contributed by atoms with van der Waals surface area (Å²) in [6.07, 6.45) is 2.58. The van der Waals surface area contributed by atoms with Crippen LogP contribution in [-0.2, 0) is 0 Å². The molecule has 1 amide bonds. The molecule has 1 fully saturated rings. The van der Waals surface area contributed by atoms with Crippen LogP contribution in [0.4, 0.5) is 5.69 Å². The molecule has 2 rings (SSSR count). The third kappa shape index (κ3) is 2.31. The summed E-state index contributed by atoms with van der Waals surface area (Å²) < 4.78 is 0.